The number of rotatable bonds is 5. The van der Waals surface area contributed by atoms with E-state index in [0.29, 0.717) is 28.9 Å². The summed E-state index contributed by atoms with van der Waals surface area (Å²) in [7, 11) is 0. The van der Waals surface area contributed by atoms with Gasteiger partial charge in [0.1, 0.15) is 5.75 Å². The van der Waals surface area contributed by atoms with Crippen molar-refractivity contribution in [3.05, 3.63) is 59.1 Å². The molecule has 0 radical (unpaired) electrons. The minimum absolute atomic E-state index is 0.267. The highest BCUT2D eigenvalue weighted by Gasteiger charge is 2.08. The molecule has 0 unspecified atom stereocenters. The van der Waals surface area contributed by atoms with Crippen LogP contribution in [-0.2, 0) is 0 Å². The highest BCUT2D eigenvalue weighted by atomic mass is 35.5. The molecular formula is C18H20ClN3O2S. The number of benzene rings is 2. The maximum atomic E-state index is 12.2. The fraction of sp³-hybridized carbons (Fsp3) is 0.222. The molecule has 0 spiro atoms. The number of hydrogen-bond donors (Lipinski definition) is 3. The van der Waals surface area contributed by atoms with Gasteiger partial charge in [-0.2, -0.15) is 0 Å². The van der Waals surface area contributed by atoms with Gasteiger partial charge in [0.05, 0.1) is 6.61 Å². The second-order valence-corrected chi connectivity index (χ2v) is 6.62. The Hall–Kier alpha value is -2.31. The van der Waals surface area contributed by atoms with E-state index in [1.807, 2.05) is 6.07 Å². The molecule has 5 nitrogen and oxygen atoms in total. The van der Waals surface area contributed by atoms with Gasteiger partial charge in [-0.25, -0.2) is 0 Å². The Kier molecular flexibility index (Phi) is 7.03. The lowest BCUT2D eigenvalue weighted by molar-refractivity contribution is 0.0943. The molecule has 0 aliphatic carbocycles. The predicted octanol–water partition coefficient (Wildman–Crippen LogP) is 4.01. The monoisotopic (exact) mass is 377 g/mol. The van der Waals surface area contributed by atoms with Gasteiger partial charge in [0.15, 0.2) is 5.11 Å². The Morgan fingerprint density at radius 3 is 2.56 bits per heavy atom. The summed E-state index contributed by atoms with van der Waals surface area (Å²) in [5, 5.41) is 3.85. The second-order valence-electron chi connectivity index (χ2n) is 5.77. The number of carbonyl (C=O) groups excluding carboxylic acids is 1. The molecule has 0 aliphatic heterocycles. The van der Waals surface area contributed by atoms with Gasteiger partial charge in [0.2, 0.25) is 0 Å². The first kappa shape index (κ1) is 19.0. The summed E-state index contributed by atoms with van der Waals surface area (Å²) in [5.41, 5.74) is 6.45. The van der Waals surface area contributed by atoms with Crippen LogP contribution in [-0.4, -0.2) is 17.6 Å². The average Bonchev–Trinajstić information content (AvgIpc) is 2.60. The summed E-state index contributed by atoms with van der Waals surface area (Å²) in [4.78, 5) is 12.2. The zero-order valence-corrected chi connectivity index (χ0v) is 15.6. The molecule has 0 fully saturated rings. The van der Waals surface area contributed by atoms with Crippen LogP contribution in [0, 0.1) is 5.92 Å². The topological polar surface area (TPSA) is 62.4 Å². The Labute approximate surface area is 157 Å². The summed E-state index contributed by atoms with van der Waals surface area (Å²) in [6.45, 7) is 4.72. The van der Waals surface area contributed by atoms with Crippen molar-refractivity contribution in [2.75, 3.05) is 11.9 Å². The lowest BCUT2D eigenvalue weighted by atomic mass is 10.2. The largest absolute Gasteiger partial charge is 0.493 e. The fourth-order valence-corrected chi connectivity index (χ4v) is 2.17. The van der Waals surface area contributed by atoms with Gasteiger partial charge in [-0.1, -0.05) is 31.5 Å². The summed E-state index contributed by atoms with van der Waals surface area (Å²) in [5.74, 6) is 0.758. The van der Waals surface area contributed by atoms with Gasteiger partial charge >= 0.3 is 0 Å². The van der Waals surface area contributed by atoms with E-state index in [0.717, 1.165) is 5.69 Å². The van der Waals surface area contributed by atoms with Crippen LogP contribution in [0.15, 0.2) is 48.5 Å². The normalized spacial score (nSPS) is 10.2. The van der Waals surface area contributed by atoms with Gasteiger partial charge in [-0.15, -0.1) is 0 Å². The third kappa shape index (κ3) is 6.60. The first-order valence-corrected chi connectivity index (χ1v) is 8.58. The quantitative estimate of drug-likeness (QED) is 0.543. The zero-order chi connectivity index (χ0) is 18.2. The molecule has 0 saturated carbocycles. The minimum atomic E-state index is -0.310. The van der Waals surface area contributed by atoms with E-state index >= 15 is 0 Å². The number of halogens is 1. The summed E-state index contributed by atoms with van der Waals surface area (Å²) in [6, 6.07) is 14.0. The fourth-order valence-electron chi connectivity index (χ4n) is 1.87. The molecule has 25 heavy (non-hydrogen) atoms. The Morgan fingerprint density at radius 1 is 1.16 bits per heavy atom. The number of carbonyl (C=O) groups is 1. The molecule has 2 aromatic rings. The third-order valence-corrected chi connectivity index (χ3v) is 3.53. The van der Waals surface area contributed by atoms with Crippen LogP contribution in [0.3, 0.4) is 0 Å². The van der Waals surface area contributed by atoms with E-state index in [-0.39, 0.29) is 11.0 Å². The number of anilines is 1. The predicted molar refractivity (Wildman–Crippen MR) is 105 cm³/mol. The standard InChI is InChI=1S/C18H20ClN3O2S/c1-12(2)11-24-16-5-3-4-13(10-16)17(23)21-22-18(25)20-15-8-6-14(19)7-9-15/h3-10,12H,11H2,1-2H3,(H,21,23)(H2,20,22,25). The van der Waals surface area contributed by atoms with Crippen molar-refractivity contribution in [3.8, 4) is 5.75 Å². The van der Waals surface area contributed by atoms with Gasteiger partial charge in [-0.3, -0.25) is 15.6 Å². The molecule has 132 valence electrons. The number of nitrogens with one attached hydrogen (secondary N) is 3. The first-order chi connectivity index (χ1) is 11.9. The number of hydrazine groups is 1. The number of hydrogen-bond acceptors (Lipinski definition) is 3. The molecule has 7 heteroatoms. The Morgan fingerprint density at radius 2 is 1.88 bits per heavy atom. The lowest BCUT2D eigenvalue weighted by Gasteiger charge is -2.13. The molecule has 0 atom stereocenters. The second kappa shape index (κ2) is 9.25. The van der Waals surface area contributed by atoms with Gasteiger partial charge in [-0.05, 0) is 60.6 Å². The molecule has 3 N–H and O–H groups in total. The van der Waals surface area contributed by atoms with Crippen LogP contribution in [0.4, 0.5) is 5.69 Å². The zero-order valence-electron chi connectivity index (χ0n) is 14.0. The third-order valence-electron chi connectivity index (χ3n) is 3.07. The summed E-state index contributed by atoms with van der Waals surface area (Å²) in [6.07, 6.45) is 0. The van der Waals surface area contributed by atoms with Crippen molar-refractivity contribution >= 4 is 40.5 Å². The van der Waals surface area contributed by atoms with Crippen LogP contribution >= 0.6 is 23.8 Å². The molecule has 0 saturated heterocycles. The van der Waals surface area contributed by atoms with E-state index in [1.165, 1.54) is 0 Å². The van der Waals surface area contributed by atoms with Crippen LogP contribution in [0.25, 0.3) is 0 Å². The molecule has 2 rings (SSSR count). The maximum Gasteiger partial charge on any atom is 0.269 e. The highest BCUT2D eigenvalue weighted by Crippen LogP contribution is 2.15. The molecule has 0 heterocycles. The van der Waals surface area contributed by atoms with Crippen LogP contribution in [0.5, 0.6) is 5.75 Å². The van der Waals surface area contributed by atoms with Crippen molar-refractivity contribution < 1.29 is 9.53 Å². The first-order valence-electron chi connectivity index (χ1n) is 7.80. The van der Waals surface area contributed by atoms with E-state index in [2.05, 4.69) is 30.0 Å². The molecular weight excluding hydrogens is 358 g/mol. The van der Waals surface area contributed by atoms with Crippen LogP contribution < -0.4 is 20.9 Å². The van der Waals surface area contributed by atoms with E-state index < -0.39 is 0 Å². The van der Waals surface area contributed by atoms with Crippen molar-refractivity contribution in [3.63, 3.8) is 0 Å². The van der Waals surface area contributed by atoms with Gasteiger partial charge in [0, 0.05) is 16.3 Å². The van der Waals surface area contributed by atoms with Crippen molar-refractivity contribution in [1.82, 2.24) is 10.9 Å². The van der Waals surface area contributed by atoms with Crippen molar-refractivity contribution in [2.24, 2.45) is 5.92 Å². The van der Waals surface area contributed by atoms with Gasteiger partial charge < -0.3 is 10.1 Å². The molecule has 1 amide bonds. The number of thiocarbonyl (C=S) groups is 1. The van der Waals surface area contributed by atoms with Gasteiger partial charge in [0.25, 0.3) is 5.91 Å². The van der Waals surface area contributed by atoms with Crippen molar-refractivity contribution in [1.29, 1.82) is 0 Å². The molecule has 2 aromatic carbocycles. The molecule has 0 aromatic heterocycles. The van der Waals surface area contributed by atoms with E-state index in [1.54, 1.807) is 42.5 Å². The summed E-state index contributed by atoms with van der Waals surface area (Å²) < 4.78 is 5.62. The number of ether oxygens (including phenoxy) is 1. The Balaban J connectivity index is 1.86. The molecule has 0 bridgehead atoms. The Bertz CT molecular complexity index is 735. The van der Waals surface area contributed by atoms with Crippen LogP contribution in [0.2, 0.25) is 5.02 Å². The van der Waals surface area contributed by atoms with E-state index in [4.69, 9.17) is 28.6 Å². The highest BCUT2D eigenvalue weighted by molar-refractivity contribution is 7.80. The smallest absolute Gasteiger partial charge is 0.269 e. The average molecular weight is 378 g/mol. The SMILES string of the molecule is CC(C)COc1cccc(C(=O)NNC(=S)Nc2ccc(Cl)cc2)c1. The number of amides is 1. The lowest BCUT2D eigenvalue weighted by Crippen LogP contribution is -2.43. The molecule has 0 aliphatic rings. The summed E-state index contributed by atoms with van der Waals surface area (Å²) >= 11 is 11.0. The van der Waals surface area contributed by atoms with Crippen molar-refractivity contribution in [2.45, 2.75) is 13.8 Å². The van der Waals surface area contributed by atoms with Crippen LogP contribution in [0.1, 0.15) is 24.2 Å². The van der Waals surface area contributed by atoms with E-state index in [9.17, 15) is 4.79 Å². The maximum absolute atomic E-state index is 12.2. The minimum Gasteiger partial charge on any atom is -0.493 e.